The molecule has 2 atom stereocenters. The van der Waals surface area contributed by atoms with E-state index in [0.717, 1.165) is 105 Å². The second kappa shape index (κ2) is 34.4. The van der Waals surface area contributed by atoms with Crippen molar-refractivity contribution in [1.82, 2.24) is 79.5 Å². The summed E-state index contributed by atoms with van der Waals surface area (Å²) in [6.07, 6.45) is 15.1. The van der Waals surface area contributed by atoms with E-state index >= 15 is 0 Å². The minimum absolute atomic E-state index is 0.00695. The van der Waals surface area contributed by atoms with E-state index in [9.17, 15) is 28.8 Å². The molecule has 0 spiro atoms. The Morgan fingerprint density at radius 1 is 0.491 bits per heavy atom. The maximum atomic E-state index is 13.1. The first kappa shape index (κ1) is 75.4. The summed E-state index contributed by atoms with van der Waals surface area (Å²) < 4.78 is 22.9. The predicted molar refractivity (Wildman–Crippen MR) is 430 cm³/mol. The van der Waals surface area contributed by atoms with Crippen LogP contribution in [0.1, 0.15) is 95.7 Å². The molecule has 3 aliphatic heterocycles. The van der Waals surface area contributed by atoms with Crippen LogP contribution in [-0.2, 0) is 14.4 Å². The molecule has 28 heteroatoms. The number of H-pyrrole nitrogens is 3. The second-order valence-corrected chi connectivity index (χ2v) is 28.1. The van der Waals surface area contributed by atoms with Crippen molar-refractivity contribution >= 4 is 67.9 Å². The number of aromatic nitrogens is 12. The monoisotopic (exact) mass is 1510 g/mol. The number of nitrogen functional groups attached to an aromatic ring is 3. The molecule has 28 nitrogen and oxygen atoms in total. The summed E-state index contributed by atoms with van der Waals surface area (Å²) in [6.45, 7) is 10.4. The molecule has 4 fully saturated rings. The molecule has 0 radical (unpaired) electrons. The van der Waals surface area contributed by atoms with Crippen LogP contribution in [0.3, 0.4) is 0 Å². The highest BCUT2D eigenvalue weighted by molar-refractivity contribution is 6.02. The van der Waals surface area contributed by atoms with Crippen LogP contribution in [0.25, 0.3) is 66.5 Å². The van der Waals surface area contributed by atoms with E-state index in [4.69, 9.17) is 46.7 Å². The van der Waals surface area contributed by atoms with E-state index in [-0.39, 0.29) is 76.0 Å². The Morgan fingerprint density at radius 3 is 1.26 bits per heavy atom. The van der Waals surface area contributed by atoms with Crippen LogP contribution in [0, 0.1) is 11.8 Å². The average molecular weight is 1510 g/mol. The fourth-order valence-corrected chi connectivity index (χ4v) is 15.1. The van der Waals surface area contributed by atoms with Gasteiger partial charge in [-0.2, -0.15) is 30.6 Å². The van der Waals surface area contributed by atoms with Gasteiger partial charge in [0, 0.05) is 68.6 Å². The second-order valence-electron chi connectivity index (χ2n) is 28.1. The van der Waals surface area contributed by atoms with Gasteiger partial charge in [-0.25, -0.2) is 15.3 Å². The van der Waals surface area contributed by atoms with Crippen LogP contribution >= 0.6 is 0 Å². The lowest BCUT2D eigenvalue weighted by atomic mass is 9.90. The molecule has 1 saturated carbocycles. The van der Waals surface area contributed by atoms with E-state index in [0.29, 0.717) is 93.2 Å². The number of hydrogen-bond donors (Lipinski definition) is 6. The first-order chi connectivity index (χ1) is 54.6. The zero-order chi connectivity index (χ0) is 77.8. The number of nitrogens with one attached hydrogen (secondary N) is 3. The number of nitrogens with zero attached hydrogens (tertiary/aromatic N) is 13. The van der Waals surface area contributed by atoms with Crippen molar-refractivity contribution in [3.8, 4) is 80.1 Å². The Balaban J connectivity index is 0.000000140. The van der Waals surface area contributed by atoms with Gasteiger partial charge in [-0.1, -0.05) is 79.6 Å². The topological polar surface area (TPSA) is 361 Å². The van der Waals surface area contributed by atoms with Crippen LogP contribution < -0.4 is 48.1 Å². The van der Waals surface area contributed by atoms with Crippen LogP contribution in [-0.4, -0.2) is 156 Å². The van der Waals surface area contributed by atoms with E-state index in [1.807, 2.05) is 175 Å². The molecule has 3 saturated heterocycles. The molecule has 112 heavy (non-hydrogen) atoms. The van der Waals surface area contributed by atoms with Crippen molar-refractivity contribution in [2.24, 2.45) is 0 Å². The number of piperidine rings is 3. The van der Waals surface area contributed by atoms with Crippen LogP contribution in [0.5, 0.6) is 34.5 Å². The standard InChI is InChI=1S/C31H35N7O3.C27H28N6O3.C26H24N6O3/c32-30-27-28(22-13-15-25(16-14-22)41-24-10-3-1-4-11-24)35-38(29(27)31(40)34-33-30)23-9-7-20-37(21-23)26(39)12-8-19-36-17-5-2-6-18-36;1-3-22(34)32(2)18-11-13-19(14-12-18)33-25-23(26(28)29-30-27(25)35)24(31-33)17-9-15-21(16-10-17)36-20-7-5-4-6-8-20;1-2-7-21(33)31-15-6-8-18(16-31)32-24-22(25(27)28-29-26(24)34)23(30-32)17-11-13-20(14-12-17)35-19-9-4-3-5-10-19/h1,3-4,8,10-16,23H,2,5-7,9,17-21H2,(H2,32,33)(H,34,40);3-10,15-16,18-19H,1,11-14H2,2H3,(H2,28,29)(H,30,35);3-5,9-14,18H,6,8,15-16H2,1H3,(H2,27,28)(H,29,34)/b12-8+;;. The van der Waals surface area contributed by atoms with Crippen molar-refractivity contribution in [1.29, 1.82) is 0 Å². The number of carbonyl (C=O) groups is 3. The van der Waals surface area contributed by atoms with Gasteiger partial charge < -0.3 is 46.1 Å². The third-order valence-corrected chi connectivity index (χ3v) is 20.8. The molecule has 2 unspecified atom stereocenters. The molecule has 4 aliphatic rings. The third-order valence-electron chi connectivity index (χ3n) is 20.8. The molecule has 3 amide bonds. The minimum atomic E-state index is -0.381. The lowest BCUT2D eigenvalue weighted by Gasteiger charge is -2.34. The minimum Gasteiger partial charge on any atom is -0.457 e. The maximum absolute atomic E-state index is 13.1. The Bertz CT molecular complexity index is 5640. The number of amides is 3. The molecule has 9 heterocycles. The summed E-state index contributed by atoms with van der Waals surface area (Å²) in [6, 6.07) is 50.9. The smallest absolute Gasteiger partial charge is 0.298 e. The number of likely N-dealkylation sites (tertiary alicyclic amines) is 3. The summed E-state index contributed by atoms with van der Waals surface area (Å²) in [5.74, 6) is 9.82. The highest BCUT2D eigenvalue weighted by Gasteiger charge is 2.34. The summed E-state index contributed by atoms with van der Waals surface area (Å²) in [4.78, 5) is 83.9. The summed E-state index contributed by atoms with van der Waals surface area (Å²) in [5, 5.41) is 35.6. The van der Waals surface area contributed by atoms with Crippen molar-refractivity contribution in [2.75, 3.05) is 70.1 Å². The number of anilines is 3. The maximum Gasteiger partial charge on any atom is 0.298 e. The number of aromatic amines is 3. The molecule has 572 valence electrons. The molecule has 16 rings (SSSR count). The van der Waals surface area contributed by atoms with Crippen molar-refractivity contribution in [3.05, 3.63) is 220 Å². The highest BCUT2D eigenvalue weighted by Crippen LogP contribution is 2.40. The van der Waals surface area contributed by atoms with Crippen LogP contribution in [0.15, 0.2) is 203 Å². The predicted octanol–water partition coefficient (Wildman–Crippen LogP) is 12.0. The first-order valence-electron chi connectivity index (χ1n) is 37.7. The van der Waals surface area contributed by atoms with E-state index in [2.05, 4.69) is 53.9 Å². The molecule has 1 aliphatic carbocycles. The lowest BCUT2D eigenvalue weighted by molar-refractivity contribution is -0.128. The molecule has 6 aromatic heterocycles. The van der Waals surface area contributed by atoms with Gasteiger partial charge in [-0.05, 0) is 205 Å². The molecule has 6 aromatic carbocycles. The molecular weight excluding hydrogens is 1420 g/mol. The van der Waals surface area contributed by atoms with E-state index in [1.165, 1.54) is 25.3 Å². The number of fused-ring (bicyclic) bond motifs is 3. The summed E-state index contributed by atoms with van der Waals surface area (Å²) >= 11 is 0. The third kappa shape index (κ3) is 16.9. The molecule has 0 bridgehead atoms. The first-order valence-corrected chi connectivity index (χ1v) is 37.7. The molecule has 9 N–H and O–H groups in total. The zero-order valence-corrected chi connectivity index (χ0v) is 62.3. The van der Waals surface area contributed by atoms with Gasteiger partial charge in [0.05, 0.1) is 34.3 Å². The average Bonchev–Trinajstić information content (AvgIpc) is 1.61. The number of carbonyl (C=O) groups excluding carboxylic acids is 3. The fraction of sp³-hybridized carbons (Fsp3) is 0.286. The number of rotatable bonds is 17. The van der Waals surface area contributed by atoms with Crippen molar-refractivity contribution in [3.63, 3.8) is 0 Å². The molecule has 12 aromatic rings. The van der Waals surface area contributed by atoms with Crippen molar-refractivity contribution in [2.45, 2.75) is 102 Å². The molecular formula is C84H87N19O9. The lowest BCUT2D eigenvalue weighted by Crippen LogP contribution is -2.40. The quantitative estimate of drug-likeness (QED) is 0.0364. The highest BCUT2D eigenvalue weighted by atomic mass is 16.5. The van der Waals surface area contributed by atoms with Gasteiger partial charge in [0.2, 0.25) is 11.8 Å². The number of benzene rings is 6. The van der Waals surface area contributed by atoms with Crippen molar-refractivity contribution < 1.29 is 28.6 Å². The Kier molecular flexibility index (Phi) is 23.2. The summed E-state index contributed by atoms with van der Waals surface area (Å²) in [7, 11) is 1.80. The number of para-hydroxylation sites is 3. The number of nitrogens with two attached hydrogens (primary N) is 3. The number of likely N-dealkylation sites (N-methyl/N-ethyl adjacent to an activating group) is 1. The van der Waals surface area contributed by atoms with Gasteiger partial charge in [-0.15, -0.1) is 0 Å². The fourth-order valence-electron chi connectivity index (χ4n) is 15.1. The Morgan fingerprint density at radius 2 is 0.866 bits per heavy atom. The van der Waals surface area contributed by atoms with Gasteiger partial charge in [0.15, 0.2) is 17.5 Å². The summed E-state index contributed by atoms with van der Waals surface area (Å²) in [5.41, 5.74) is 22.9. The number of hydrogen-bond acceptors (Lipinski definition) is 19. The zero-order valence-electron chi connectivity index (χ0n) is 62.3. The van der Waals surface area contributed by atoms with Crippen LogP contribution in [0.4, 0.5) is 17.5 Å². The van der Waals surface area contributed by atoms with E-state index < -0.39 is 0 Å². The SMILES string of the molecule is C=CC(=O)N(C)C1CCC(n2nc(-c3ccc(Oc4ccccc4)cc3)c3c(N)n[nH]c(=O)c32)CC1.CC#CC(=O)N1CCCC(n2nc(-c3ccc(Oc4ccccc4)cc3)c3c(N)n[nH]c(=O)c32)C1.Nc1n[nH]c(=O)c2c1c(-c1ccc(Oc3ccccc3)cc1)nn2C1CCCN(C(=O)/C=C/CN2CCCCC2)C1. The van der Waals surface area contributed by atoms with E-state index in [1.54, 1.807) is 43.9 Å². The van der Waals surface area contributed by atoms with Gasteiger partial charge >= 0.3 is 0 Å². The van der Waals surface area contributed by atoms with Gasteiger partial charge in [0.25, 0.3) is 22.6 Å². The largest absolute Gasteiger partial charge is 0.457 e. The van der Waals surface area contributed by atoms with Gasteiger partial charge in [-0.3, -0.25) is 47.7 Å². The number of ether oxygens (including phenoxy) is 3. The Labute approximate surface area is 644 Å². The Hall–Kier alpha value is -13.4. The van der Waals surface area contributed by atoms with Gasteiger partial charge in [0.1, 0.15) is 68.1 Å². The normalized spacial score (nSPS) is 17.2. The van der Waals surface area contributed by atoms with Crippen LogP contribution in [0.2, 0.25) is 0 Å².